The minimum absolute atomic E-state index is 0.214. The van der Waals surface area contributed by atoms with Crippen LogP contribution in [0, 0.1) is 18.3 Å². The highest BCUT2D eigenvalue weighted by Gasteiger charge is 2.13. The summed E-state index contributed by atoms with van der Waals surface area (Å²) in [6, 6.07) is 7.15. The molecule has 0 radical (unpaired) electrons. The highest BCUT2D eigenvalue weighted by atomic mass is 16.2. The Morgan fingerprint density at radius 3 is 2.86 bits per heavy atom. The summed E-state index contributed by atoms with van der Waals surface area (Å²) in [7, 11) is 1.71. The fraction of sp³-hybridized carbons (Fsp3) is 0.312. The zero-order chi connectivity index (χ0) is 16.1. The Bertz CT molecular complexity index is 714. The van der Waals surface area contributed by atoms with Crippen molar-refractivity contribution in [2.75, 3.05) is 12.4 Å². The van der Waals surface area contributed by atoms with Crippen molar-refractivity contribution >= 4 is 11.7 Å². The number of nitrogens with one attached hydrogen (secondary N) is 2. The van der Waals surface area contributed by atoms with Gasteiger partial charge < -0.3 is 15.2 Å². The number of carbonyl (C=O) groups is 1. The van der Waals surface area contributed by atoms with Crippen molar-refractivity contribution in [1.29, 1.82) is 5.26 Å². The van der Waals surface area contributed by atoms with Gasteiger partial charge in [-0.2, -0.15) is 5.26 Å². The summed E-state index contributed by atoms with van der Waals surface area (Å²) in [4.78, 5) is 21.1. The topological polar surface area (TPSA) is 84.8 Å². The molecule has 2 aromatic rings. The van der Waals surface area contributed by atoms with E-state index >= 15 is 0 Å². The van der Waals surface area contributed by atoms with Gasteiger partial charge in [0.05, 0.1) is 18.2 Å². The third-order valence-corrected chi connectivity index (χ3v) is 3.35. The lowest BCUT2D eigenvalue weighted by atomic mass is 10.1. The Labute approximate surface area is 129 Å². The summed E-state index contributed by atoms with van der Waals surface area (Å²) >= 11 is 0. The number of hydrogen-bond donors (Lipinski definition) is 2. The third kappa shape index (κ3) is 3.64. The minimum Gasteiger partial charge on any atom is -0.345 e. The summed E-state index contributed by atoms with van der Waals surface area (Å²) in [5, 5.41) is 11.8. The van der Waals surface area contributed by atoms with Crippen LogP contribution < -0.4 is 5.32 Å². The standard InChI is InChI=1S/C16H19N5O/c1-4-13-7-12(8-17)5-6-14(13)20-16(22)21(3)10-15-18-9-11(2)19-15/h5-7,9H,4,10H2,1-3H3,(H,18,19)(H,20,22). The highest BCUT2D eigenvalue weighted by molar-refractivity contribution is 5.90. The number of amides is 2. The molecule has 0 spiro atoms. The van der Waals surface area contributed by atoms with Gasteiger partial charge in [0.1, 0.15) is 5.82 Å². The maximum absolute atomic E-state index is 12.3. The smallest absolute Gasteiger partial charge is 0.321 e. The molecule has 0 aliphatic heterocycles. The predicted octanol–water partition coefficient (Wildman–Crippen LogP) is 2.82. The zero-order valence-corrected chi connectivity index (χ0v) is 13.0. The van der Waals surface area contributed by atoms with Crippen molar-refractivity contribution in [1.82, 2.24) is 14.9 Å². The van der Waals surface area contributed by atoms with E-state index in [1.807, 2.05) is 13.8 Å². The number of hydrogen-bond acceptors (Lipinski definition) is 3. The molecule has 22 heavy (non-hydrogen) atoms. The number of aryl methyl sites for hydroxylation is 2. The first-order chi connectivity index (χ1) is 10.5. The van der Waals surface area contributed by atoms with Gasteiger partial charge in [-0.1, -0.05) is 6.92 Å². The van der Waals surface area contributed by atoms with E-state index < -0.39 is 0 Å². The molecule has 0 aliphatic carbocycles. The van der Waals surface area contributed by atoms with Crippen LogP contribution in [-0.4, -0.2) is 27.9 Å². The van der Waals surface area contributed by atoms with Gasteiger partial charge in [-0.05, 0) is 37.1 Å². The predicted molar refractivity (Wildman–Crippen MR) is 84.3 cm³/mol. The Hall–Kier alpha value is -2.81. The van der Waals surface area contributed by atoms with Crippen molar-refractivity contribution in [3.8, 4) is 6.07 Å². The molecule has 0 atom stereocenters. The molecule has 0 bridgehead atoms. The lowest BCUT2D eigenvalue weighted by Crippen LogP contribution is -2.31. The molecule has 2 amide bonds. The lowest BCUT2D eigenvalue weighted by Gasteiger charge is -2.18. The molecule has 1 heterocycles. The molecule has 0 aliphatic rings. The van der Waals surface area contributed by atoms with Crippen LogP contribution in [0.15, 0.2) is 24.4 Å². The second-order valence-corrected chi connectivity index (χ2v) is 5.14. The normalized spacial score (nSPS) is 10.1. The Morgan fingerprint density at radius 1 is 1.50 bits per heavy atom. The van der Waals surface area contributed by atoms with Gasteiger partial charge in [-0.25, -0.2) is 9.78 Å². The van der Waals surface area contributed by atoms with Crippen LogP contribution in [0.3, 0.4) is 0 Å². The zero-order valence-electron chi connectivity index (χ0n) is 13.0. The number of aromatic amines is 1. The van der Waals surface area contributed by atoms with Crippen LogP contribution >= 0.6 is 0 Å². The Kier molecular flexibility index (Phi) is 4.79. The molecule has 1 aromatic carbocycles. The number of anilines is 1. The maximum atomic E-state index is 12.3. The monoisotopic (exact) mass is 297 g/mol. The van der Waals surface area contributed by atoms with Crippen molar-refractivity contribution in [2.45, 2.75) is 26.8 Å². The van der Waals surface area contributed by atoms with Gasteiger partial charge >= 0.3 is 6.03 Å². The van der Waals surface area contributed by atoms with Crippen molar-refractivity contribution in [3.05, 3.63) is 47.0 Å². The molecule has 0 unspecified atom stereocenters. The van der Waals surface area contributed by atoms with Crippen LogP contribution in [0.5, 0.6) is 0 Å². The molecule has 0 fully saturated rings. The van der Waals surface area contributed by atoms with Crippen LogP contribution in [0.25, 0.3) is 0 Å². The third-order valence-electron chi connectivity index (χ3n) is 3.35. The number of benzene rings is 1. The highest BCUT2D eigenvalue weighted by Crippen LogP contribution is 2.18. The molecule has 114 valence electrons. The van der Waals surface area contributed by atoms with Crippen LogP contribution in [0.1, 0.15) is 29.6 Å². The van der Waals surface area contributed by atoms with Crippen molar-refractivity contribution < 1.29 is 4.79 Å². The fourth-order valence-electron chi connectivity index (χ4n) is 2.13. The van der Waals surface area contributed by atoms with E-state index in [2.05, 4.69) is 21.4 Å². The first-order valence-electron chi connectivity index (χ1n) is 7.09. The summed E-state index contributed by atoms with van der Waals surface area (Å²) in [6.45, 7) is 4.31. The fourth-order valence-corrected chi connectivity index (χ4v) is 2.13. The second-order valence-electron chi connectivity index (χ2n) is 5.14. The van der Waals surface area contributed by atoms with E-state index in [1.165, 1.54) is 0 Å². The van der Waals surface area contributed by atoms with E-state index in [0.717, 1.165) is 29.2 Å². The van der Waals surface area contributed by atoms with Gasteiger partial charge in [0.25, 0.3) is 0 Å². The van der Waals surface area contributed by atoms with Gasteiger partial charge in [0, 0.05) is 24.6 Å². The molecule has 6 nitrogen and oxygen atoms in total. The van der Waals surface area contributed by atoms with Gasteiger partial charge in [0.2, 0.25) is 0 Å². The maximum Gasteiger partial charge on any atom is 0.321 e. The number of nitrogens with zero attached hydrogens (tertiary/aromatic N) is 3. The van der Waals surface area contributed by atoms with Crippen molar-refractivity contribution in [2.24, 2.45) is 0 Å². The summed E-state index contributed by atoms with van der Waals surface area (Å²) in [5.74, 6) is 0.741. The number of urea groups is 1. The summed E-state index contributed by atoms with van der Waals surface area (Å²) in [6.07, 6.45) is 2.48. The van der Waals surface area contributed by atoms with E-state index in [4.69, 9.17) is 5.26 Å². The SMILES string of the molecule is CCc1cc(C#N)ccc1NC(=O)N(C)Cc1ncc(C)[nH]1. The van der Waals surface area contributed by atoms with Crippen LogP contribution in [0.2, 0.25) is 0 Å². The van der Waals surface area contributed by atoms with E-state index in [-0.39, 0.29) is 6.03 Å². The Balaban J connectivity index is 2.06. The molecule has 2 rings (SSSR count). The second kappa shape index (κ2) is 6.76. The van der Waals surface area contributed by atoms with Gasteiger partial charge in [-0.15, -0.1) is 0 Å². The number of H-pyrrole nitrogens is 1. The molecular weight excluding hydrogens is 278 g/mol. The largest absolute Gasteiger partial charge is 0.345 e. The van der Waals surface area contributed by atoms with Crippen LogP contribution in [-0.2, 0) is 13.0 Å². The van der Waals surface area contributed by atoms with Gasteiger partial charge in [-0.3, -0.25) is 0 Å². The summed E-state index contributed by atoms with van der Waals surface area (Å²) < 4.78 is 0. The number of nitriles is 1. The first kappa shape index (κ1) is 15.6. The number of aromatic nitrogens is 2. The van der Waals surface area contributed by atoms with Crippen molar-refractivity contribution in [3.63, 3.8) is 0 Å². The van der Waals surface area contributed by atoms with E-state index in [9.17, 15) is 4.79 Å². The molecule has 0 saturated heterocycles. The summed E-state index contributed by atoms with van der Waals surface area (Å²) in [5.41, 5.74) is 3.22. The molecule has 6 heteroatoms. The lowest BCUT2D eigenvalue weighted by molar-refractivity contribution is 0.219. The minimum atomic E-state index is -0.214. The quantitative estimate of drug-likeness (QED) is 0.910. The number of rotatable bonds is 4. The number of imidazole rings is 1. The van der Waals surface area contributed by atoms with Gasteiger partial charge in [0.15, 0.2) is 0 Å². The molecule has 2 N–H and O–H groups in total. The van der Waals surface area contributed by atoms with E-state index in [1.54, 1.807) is 36.3 Å². The average Bonchev–Trinajstić information content (AvgIpc) is 2.92. The first-order valence-corrected chi connectivity index (χ1v) is 7.09. The average molecular weight is 297 g/mol. The molecular formula is C16H19N5O. The van der Waals surface area contributed by atoms with E-state index in [0.29, 0.717) is 12.1 Å². The molecule has 0 saturated carbocycles. The number of carbonyl (C=O) groups excluding carboxylic acids is 1. The molecule has 1 aromatic heterocycles. The van der Waals surface area contributed by atoms with Crippen LogP contribution in [0.4, 0.5) is 10.5 Å². The Morgan fingerprint density at radius 2 is 2.27 bits per heavy atom.